The van der Waals surface area contributed by atoms with Crippen molar-refractivity contribution >= 4 is 5.97 Å². The number of carboxylic acids is 1. The molecule has 0 spiro atoms. The van der Waals surface area contributed by atoms with Crippen molar-refractivity contribution in [2.75, 3.05) is 7.05 Å². The van der Waals surface area contributed by atoms with E-state index in [0.29, 0.717) is 0 Å². The number of hydrogen-bond donors (Lipinski definition) is 1. The minimum Gasteiger partial charge on any atom is -0.480 e. The van der Waals surface area contributed by atoms with Gasteiger partial charge in [0, 0.05) is 6.04 Å². The molecule has 17 heavy (non-hydrogen) atoms. The Balaban J connectivity index is 3.00. The van der Waals surface area contributed by atoms with E-state index in [4.69, 9.17) is 0 Å². The Morgan fingerprint density at radius 2 is 1.88 bits per heavy atom. The zero-order chi connectivity index (χ0) is 13.1. The lowest BCUT2D eigenvalue weighted by Crippen LogP contribution is -2.49. The van der Waals surface area contributed by atoms with Gasteiger partial charge in [0.1, 0.15) is 5.54 Å². The summed E-state index contributed by atoms with van der Waals surface area (Å²) in [4.78, 5) is 13.2. The molecule has 0 aromatic heterocycles. The average Bonchev–Trinajstić information content (AvgIpc) is 2.31. The average molecular weight is 235 g/mol. The van der Waals surface area contributed by atoms with Gasteiger partial charge in [-0.25, -0.2) is 0 Å². The van der Waals surface area contributed by atoms with Crippen molar-refractivity contribution in [2.45, 2.75) is 38.8 Å². The van der Waals surface area contributed by atoms with Crippen LogP contribution in [0, 0.1) is 0 Å². The van der Waals surface area contributed by atoms with E-state index in [9.17, 15) is 9.90 Å². The summed E-state index contributed by atoms with van der Waals surface area (Å²) in [5.41, 5.74) is 0.295. The summed E-state index contributed by atoms with van der Waals surface area (Å²) in [6.07, 6.45) is 0.886. The van der Waals surface area contributed by atoms with Crippen molar-refractivity contribution in [1.29, 1.82) is 0 Å². The van der Waals surface area contributed by atoms with Crippen LogP contribution in [-0.2, 0) is 4.79 Å². The van der Waals surface area contributed by atoms with Gasteiger partial charge in [-0.2, -0.15) is 0 Å². The molecule has 0 fully saturated rings. The van der Waals surface area contributed by atoms with E-state index in [-0.39, 0.29) is 6.04 Å². The van der Waals surface area contributed by atoms with Crippen molar-refractivity contribution in [3.05, 3.63) is 35.9 Å². The van der Waals surface area contributed by atoms with Crippen LogP contribution in [0.5, 0.6) is 0 Å². The minimum absolute atomic E-state index is 0.127. The van der Waals surface area contributed by atoms with E-state index in [1.165, 1.54) is 0 Å². The van der Waals surface area contributed by atoms with E-state index < -0.39 is 11.5 Å². The standard InChI is InChI=1S/C14H21NO2/c1-5-12(11-9-7-6-8-10-11)15(4)14(2,3)13(16)17/h6-10,12H,5H2,1-4H3,(H,16,17). The SMILES string of the molecule is CCC(c1ccccc1)N(C)C(C)(C)C(=O)O. The highest BCUT2D eigenvalue weighted by Gasteiger charge is 2.35. The summed E-state index contributed by atoms with van der Waals surface area (Å²) in [6.45, 7) is 5.55. The number of carbonyl (C=O) groups is 1. The van der Waals surface area contributed by atoms with Crippen molar-refractivity contribution < 1.29 is 9.90 Å². The van der Waals surface area contributed by atoms with Gasteiger partial charge >= 0.3 is 5.97 Å². The number of rotatable bonds is 5. The van der Waals surface area contributed by atoms with E-state index in [0.717, 1.165) is 12.0 Å². The fourth-order valence-corrected chi connectivity index (χ4v) is 1.95. The number of benzene rings is 1. The number of hydrogen-bond acceptors (Lipinski definition) is 2. The monoisotopic (exact) mass is 235 g/mol. The van der Waals surface area contributed by atoms with E-state index in [2.05, 4.69) is 6.92 Å². The summed E-state index contributed by atoms with van der Waals surface area (Å²) in [5, 5.41) is 9.26. The molecule has 0 saturated carbocycles. The first-order valence-corrected chi connectivity index (χ1v) is 5.92. The molecule has 0 aliphatic heterocycles. The molecule has 94 valence electrons. The molecule has 1 unspecified atom stereocenters. The molecule has 1 N–H and O–H groups in total. The fraction of sp³-hybridized carbons (Fsp3) is 0.500. The molecule has 1 aromatic rings. The molecule has 1 aromatic carbocycles. The summed E-state index contributed by atoms with van der Waals surface area (Å²) in [7, 11) is 1.87. The van der Waals surface area contributed by atoms with Gasteiger partial charge < -0.3 is 5.11 Å². The van der Waals surface area contributed by atoms with Crippen molar-refractivity contribution in [3.63, 3.8) is 0 Å². The van der Waals surface area contributed by atoms with Crippen LogP contribution < -0.4 is 0 Å². The third-order valence-electron chi connectivity index (χ3n) is 3.44. The lowest BCUT2D eigenvalue weighted by molar-refractivity contribution is -0.150. The molecule has 1 atom stereocenters. The number of likely N-dealkylation sites (N-methyl/N-ethyl adjacent to an activating group) is 1. The highest BCUT2D eigenvalue weighted by molar-refractivity contribution is 5.77. The van der Waals surface area contributed by atoms with Gasteiger partial charge in [0.05, 0.1) is 0 Å². The highest BCUT2D eigenvalue weighted by atomic mass is 16.4. The quantitative estimate of drug-likeness (QED) is 0.853. The molecule has 1 rings (SSSR count). The highest BCUT2D eigenvalue weighted by Crippen LogP contribution is 2.29. The maximum Gasteiger partial charge on any atom is 0.323 e. The van der Waals surface area contributed by atoms with Crippen LogP contribution in [0.2, 0.25) is 0 Å². The first-order valence-electron chi connectivity index (χ1n) is 5.92. The zero-order valence-corrected chi connectivity index (χ0v) is 11.0. The predicted molar refractivity (Wildman–Crippen MR) is 69.0 cm³/mol. The molecule has 0 saturated heterocycles. The molecule has 0 heterocycles. The van der Waals surface area contributed by atoms with Gasteiger partial charge in [0.2, 0.25) is 0 Å². The van der Waals surface area contributed by atoms with Gasteiger partial charge in [-0.05, 0) is 32.9 Å². The second-order valence-electron chi connectivity index (χ2n) is 4.81. The molecule has 0 amide bonds. The Morgan fingerprint density at radius 1 is 1.35 bits per heavy atom. The summed E-state index contributed by atoms with van der Waals surface area (Å²) < 4.78 is 0. The normalized spacial score (nSPS) is 13.7. The second-order valence-corrected chi connectivity index (χ2v) is 4.81. The van der Waals surface area contributed by atoms with E-state index >= 15 is 0 Å². The number of carboxylic acid groups (broad SMARTS) is 1. The van der Waals surface area contributed by atoms with Gasteiger partial charge in [0.15, 0.2) is 0 Å². The Kier molecular flexibility index (Phi) is 4.29. The van der Waals surface area contributed by atoms with Gasteiger partial charge in [-0.15, -0.1) is 0 Å². The van der Waals surface area contributed by atoms with Crippen molar-refractivity contribution in [3.8, 4) is 0 Å². The topological polar surface area (TPSA) is 40.5 Å². The second kappa shape index (κ2) is 5.32. The van der Waals surface area contributed by atoms with Crippen LogP contribution in [0.25, 0.3) is 0 Å². The maximum absolute atomic E-state index is 11.3. The van der Waals surface area contributed by atoms with Gasteiger partial charge in [-0.3, -0.25) is 9.69 Å². The minimum atomic E-state index is -0.865. The van der Waals surface area contributed by atoms with Crippen LogP contribution in [0.4, 0.5) is 0 Å². The Morgan fingerprint density at radius 3 is 2.29 bits per heavy atom. The molecule has 0 bridgehead atoms. The van der Waals surface area contributed by atoms with Gasteiger partial charge in [0.25, 0.3) is 0 Å². The maximum atomic E-state index is 11.3. The fourth-order valence-electron chi connectivity index (χ4n) is 1.95. The summed E-state index contributed by atoms with van der Waals surface area (Å²) in [6, 6.07) is 10.2. The van der Waals surface area contributed by atoms with Crippen LogP contribution in [-0.4, -0.2) is 28.6 Å². The summed E-state index contributed by atoms with van der Waals surface area (Å²) >= 11 is 0. The molecule has 0 radical (unpaired) electrons. The lowest BCUT2D eigenvalue weighted by Gasteiger charge is -2.38. The third-order valence-corrected chi connectivity index (χ3v) is 3.44. The molecule has 0 aliphatic rings. The van der Waals surface area contributed by atoms with Crippen LogP contribution in [0.15, 0.2) is 30.3 Å². The van der Waals surface area contributed by atoms with Crippen molar-refractivity contribution in [2.24, 2.45) is 0 Å². The third kappa shape index (κ3) is 2.86. The van der Waals surface area contributed by atoms with Crippen molar-refractivity contribution in [1.82, 2.24) is 4.90 Å². The largest absolute Gasteiger partial charge is 0.480 e. The Labute approximate surface area is 103 Å². The van der Waals surface area contributed by atoms with Crippen LogP contribution >= 0.6 is 0 Å². The Bertz CT molecular complexity index is 373. The molecule has 3 heteroatoms. The lowest BCUT2D eigenvalue weighted by atomic mass is 9.96. The molecule has 3 nitrogen and oxygen atoms in total. The first kappa shape index (κ1) is 13.7. The van der Waals surface area contributed by atoms with Crippen LogP contribution in [0.1, 0.15) is 38.8 Å². The Hall–Kier alpha value is -1.35. The van der Waals surface area contributed by atoms with Crippen LogP contribution in [0.3, 0.4) is 0 Å². The van der Waals surface area contributed by atoms with Gasteiger partial charge in [-0.1, -0.05) is 37.3 Å². The zero-order valence-electron chi connectivity index (χ0n) is 11.0. The predicted octanol–water partition coefficient (Wildman–Crippen LogP) is 2.93. The molecular weight excluding hydrogens is 214 g/mol. The smallest absolute Gasteiger partial charge is 0.323 e. The molecular formula is C14H21NO2. The van der Waals surface area contributed by atoms with E-state index in [1.54, 1.807) is 13.8 Å². The number of aliphatic carboxylic acids is 1. The number of nitrogens with zero attached hydrogens (tertiary/aromatic N) is 1. The first-order chi connectivity index (χ1) is 7.91. The molecule has 0 aliphatic carbocycles. The van der Waals surface area contributed by atoms with E-state index in [1.807, 2.05) is 42.3 Å². The summed E-state index contributed by atoms with van der Waals surface area (Å²) in [5.74, 6) is -0.797.